The van der Waals surface area contributed by atoms with Gasteiger partial charge in [-0.2, -0.15) is 4.98 Å². The summed E-state index contributed by atoms with van der Waals surface area (Å²) in [7, 11) is -1.16. The first-order valence-corrected chi connectivity index (χ1v) is 18.9. The average Bonchev–Trinajstić information content (AvgIpc) is 3.22. The summed E-state index contributed by atoms with van der Waals surface area (Å²) in [6, 6.07) is 11.0. The lowest BCUT2D eigenvalue weighted by atomic mass is 9.62. The molecule has 0 amide bonds. The number of carboxylic acid groups (broad SMARTS) is 1. The van der Waals surface area contributed by atoms with Crippen LogP contribution >= 0.6 is 0 Å². The summed E-state index contributed by atoms with van der Waals surface area (Å²) in [6.07, 6.45) is 6.28. The van der Waals surface area contributed by atoms with Gasteiger partial charge >= 0.3 is 5.97 Å². The number of carbonyl (C=O) groups is 2. The quantitative estimate of drug-likeness (QED) is 0.247. The first kappa shape index (κ1) is 28.7. The van der Waals surface area contributed by atoms with Gasteiger partial charge in [0.15, 0.2) is 0 Å². The Labute approximate surface area is 248 Å². The molecule has 3 aliphatic rings. The molecular formula is C32H42N4O5Si. The number of benzene rings is 1. The van der Waals surface area contributed by atoms with E-state index in [0.717, 1.165) is 92.4 Å². The maximum atomic E-state index is 12.3. The third-order valence-electron chi connectivity index (χ3n) is 9.08. The van der Waals surface area contributed by atoms with E-state index in [0.29, 0.717) is 37.1 Å². The molecule has 3 aromatic rings. The standard InChI is InChI=1S/C32H42N4O5Si/c1-42(2,3)16-15-40-22-36-11-7-23-18-28-30(33-29(23)36)41-14-4-10-35(28)21-24-17-25(5-6-27(24)31(38)39)34-12-8-32(9-13-34)19-26(37)20-32/h5-7,11,17-18H,4,8-10,12-16,19-22H2,1-3H3,(H,38,39). The number of carboxylic acids is 1. The molecule has 2 aromatic heterocycles. The molecule has 1 saturated carbocycles. The van der Waals surface area contributed by atoms with Crippen molar-refractivity contribution in [3.63, 3.8) is 0 Å². The normalized spacial score (nSPS) is 18.5. The van der Waals surface area contributed by atoms with Crippen molar-refractivity contribution in [2.24, 2.45) is 5.41 Å². The van der Waals surface area contributed by atoms with E-state index in [2.05, 4.69) is 41.6 Å². The number of anilines is 2. The van der Waals surface area contributed by atoms with Crippen molar-refractivity contribution in [1.82, 2.24) is 9.55 Å². The lowest BCUT2D eigenvalue weighted by Crippen LogP contribution is -2.47. The van der Waals surface area contributed by atoms with Crippen LogP contribution in [0.3, 0.4) is 0 Å². The van der Waals surface area contributed by atoms with Gasteiger partial charge in [0, 0.05) is 71.0 Å². The van der Waals surface area contributed by atoms with Gasteiger partial charge in [-0.3, -0.25) is 4.79 Å². The van der Waals surface area contributed by atoms with E-state index >= 15 is 0 Å². The molecule has 1 saturated heterocycles. The van der Waals surface area contributed by atoms with Crippen molar-refractivity contribution in [2.45, 2.75) is 71.1 Å². The van der Waals surface area contributed by atoms with E-state index in [-0.39, 0.29) is 5.41 Å². The highest BCUT2D eigenvalue weighted by molar-refractivity contribution is 6.76. The minimum atomic E-state index is -1.16. The summed E-state index contributed by atoms with van der Waals surface area (Å²) in [5.74, 6) is 0.0343. The Hall–Kier alpha value is -3.37. The molecule has 1 aliphatic carbocycles. The van der Waals surface area contributed by atoms with Crippen molar-refractivity contribution >= 4 is 42.2 Å². The zero-order chi connectivity index (χ0) is 29.5. The molecular weight excluding hydrogens is 548 g/mol. The van der Waals surface area contributed by atoms with Crippen LogP contribution in [-0.4, -0.2) is 67.3 Å². The summed E-state index contributed by atoms with van der Waals surface area (Å²) < 4.78 is 14.1. The Kier molecular flexibility index (Phi) is 7.78. The number of hydrogen-bond donors (Lipinski definition) is 1. The van der Waals surface area contributed by atoms with E-state index in [1.54, 1.807) is 6.07 Å². The number of Topliss-reactive ketones (excluding diaryl/α,β-unsaturated/α-hetero) is 1. The fraction of sp³-hybridized carbons (Fsp3) is 0.531. The van der Waals surface area contributed by atoms with E-state index in [4.69, 9.17) is 14.5 Å². The number of ketones is 1. The smallest absolute Gasteiger partial charge is 0.336 e. The van der Waals surface area contributed by atoms with E-state index in [1.165, 1.54) is 0 Å². The van der Waals surface area contributed by atoms with Gasteiger partial charge in [-0.15, -0.1) is 0 Å². The molecule has 2 aliphatic heterocycles. The number of hydrogen-bond acceptors (Lipinski definition) is 7. The molecule has 6 rings (SSSR count). The predicted octanol–water partition coefficient (Wildman–Crippen LogP) is 5.79. The van der Waals surface area contributed by atoms with E-state index < -0.39 is 14.0 Å². The molecule has 9 nitrogen and oxygen atoms in total. The third-order valence-corrected chi connectivity index (χ3v) is 10.8. The summed E-state index contributed by atoms with van der Waals surface area (Å²) in [5, 5.41) is 11.0. The van der Waals surface area contributed by atoms with Crippen molar-refractivity contribution < 1.29 is 24.2 Å². The Morgan fingerprint density at radius 3 is 2.62 bits per heavy atom. The van der Waals surface area contributed by atoms with Crippen LogP contribution in [-0.2, 0) is 22.8 Å². The minimum absolute atomic E-state index is 0.199. The fourth-order valence-electron chi connectivity index (χ4n) is 6.47. The first-order chi connectivity index (χ1) is 20.1. The zero-order valence-electron chi connectivity index (χ0n) is 25.0. The number of piperidine rings is 1. The monoisotopic (exact) mass is 590 g/mol. The van der Waals surface area contributed by atoms with Crippen molar-refractivity contribution in [2.75, 3.05) is 42.6 Å². The van der Waals surface area contributed by atoms with Crippen LogP contribution in [0.2, 0.25) is 25.7 Å². The average molecular weight is 591 g/mol. The Morgan fingerprint density at radius 2 is 1.90 bits per heavy atom. The number of pyridine rings is 1. The largest absolute Gasteiger partial charge is 0.478 e. The Balaban J connectivity index is 1.22. The van der Waals surface area contributed by atoms with Crippen LogP contribution in [0.1, 0.15) is 48.0 Å². The van der Waals surface area contributed by atoms with E-state index in [9.17, 15) is 14.7 Å². The van der Waals surface area contributed by atoms with Crippen LogP contribution in [0.4, 0.5) is 11.4 Å². The minimum Gasteiger partial charge on any atom is -0.478 e. The number of carbonyl (C=O) groups excluding carboxylic acids is 1. The number of aromatic nitrogens is 2. The van der Waals surface area contributed by atoms with Gasteiger partial charge in [-0.05, 0) is 66.6 Å². The fourth-order valence-corrected chi connectivity index (χ4v) is 7.23. The number of fused-ring (bicyclic) bond motifs is 2. The lowest BCUT2D eigenvalue weighted by molar-refractivity contribution is -0.133. The van der Waals surface area contributed by atoms with Gasteiger partial charge in [0.2, 0.25) is 5.88 Å². The molecule has 224 valence electrons. The van der Waals surface area contributed by atoms with Crippen LogP contribution < -0.4 is 14.5 Å². The summed E-state index contributed by atoms with van der Waals surface area (Å²) in [4.78, 5) is 33.3. The molecule has 2 fully saturated rings. The molecule has 0 atom stereocenters. The molecule has 1 N–H and O–H groups in total. The van der Waals surface area contributed by atoms with Crippen molar-refractivity contribution in [1.29, 1.82) is 0 Å². The molecule has 10 heteroatoms. The summed E-state index contributed by atoms with van der Waals surface area (Å²) >= 11 is 0. The SMILES string of the molecule is C[Si](C)(C)CCOCn1ccc2cc3c(nc21)OCCCN3Cc1cc(N2CCC3(CC2)CC(=O)C3)ccc1C(=O)O. The van der Waals surface area contributed by atoms with Crippen molar-refractivity contribution in [3.05, 3.63) is 47.7 Å². The Morgan fingerprint density at radius 1 is 1.12 bits per heavy atom. The predicted molar refractivity (Wildman–Crippen MR) is 167 cm³/mol. The second-order valence-corrected chi connectivity index (χ2v) is 19.1. The highest BCUT2D eigenvalue weighted by atomic mass is 28.3. The van der Waals surface area contributed by atoms with Crippen LogP contribution in [0.15, 0.2) is 36.5 Å². The molecule has 0 bridgehead atoms. The van der Waals surface area contributed by atoms with Crippen molar-refractivity contribution in [3.8, 4) is 5.88 Å². The maximum absolute atomic E-state index is 12.3. The zero-order valence-corrected chi connectivity index (χ0v) is 26.0. The van der Waals surface area contributed by atoms with Gasteiger partial charge in [0.1, 0.15) is 23.8 Å². The number of ether oxygens (including phenoxy) is 2. The van der Waals surface area contributed by atoms with Crippen LogP contribution in [0.25, 0.3) is 11.0 Å². The molecule has 0 unspecified atom stereocenters. The van der Waals surface area contributed by atoms with E-state index in [1.807, 2.05) is 22.9 Å². The van der Waals surface area contributed by atoms with Crippen LogP contribution in [0, 0.1) is 5.41 Å². The lowest BCUT2D eigenvalue weighted by Gasteiger charge is -2.47. The van der Waals surface area contributed by atoms with Gasteiger partial charge in [0.05, 0.1) is 12.2 Å². The summed E-state index contributed by atoms with van der Waals surface area (Å²) in [6.45, 7) is 11.8. The number of rotatable bonds is 9. The highest BCUT2D eigenvalue weighted by Crippen LogP contribution is 2.47. The molecule has 4 heterocycles. The number of aromatic carboxylic acids is 1. The molecule has 42 heavy (non-hydrogen) atoms. The molecule has 1 spiro atoms. The topological polar surface area (TPSA) is 97.1 Å². The summed E-state index contributed by atoms with van der Waals surface area (Å²) in [5.41, 5.74) is 4.05. The van der Waals surface area contributed by atoms with Crippen LogP contribution in [0.5, 0.6) is 5.88 Å². The first-order valence-electron chi connectivity index (χ1n) is 15.2. The Bertz CT molecular complexity index is 1480. The highest BCUT2D eigenvalue weighted by Gasteiger charge is 2.45. The van der Waals surface area contributed by atoms with Gasteiger partial charge in [0.25, 0.3) is 0 Å². The van der Waals surface area contributed by atoms with Gasteiger partial charge in [-0.25, -0.2) is 4.79 Å². The molecule has 1 aromatic carbocycles. The van der Waals surface area contributed by atoms with Gasteiger partial charge < -0.3 is 28.9 Å². The maximum Gasteiger partial charge on any atom is 0.336 e. The number of nitrogens with zero attached hydrogens (tertiary/aromatic N) is 4. The molecule has 0 radical (unpaired) electrons. The second kappa shape index (κ2) is 11.4. The second-order valence-electron chi connectivity index (χ2n) is 13.5. The third kappa shape index (κ3) is 6.05. The van der Waals surface area contributed by atoms with Gasteiger partial charge in [-0.1, -0.05) is 19.6 Å².